The largest absolute Gasteiger partial charge is 0.345 e. The van der Waals surface area contributed by atoms with Gasteiger partial charge in [0.2, 0.25) is 0 Å². The number of fused-ring (bicyclic) bond motifs is 1. The van der Waals surface area contributed by atoms with E-state index < -0.39 is 10.1 Å². The second kappa shape index (κ2) is 8.86. The van der Waals surface area contributed by atoms with Crippen molar-refractivity contribution < 1.29 is 12.6 Å². The van der Waals surface area contributed by atoms with Gasteiger partial charge in [-0.2, -0.15) is 8.42 Å². The van der Waals surface area contributed by atoms with Crippen molar-refractivity contribution in [2.75, 3.05) is 6.61 Å². The Morgan fingerprint density at radius 2 is 1.57 bits per heavy atom. The number of aromatic nitrogens is 1. The van der Waals surface area contributed by atoms with Crippen molar-refractivity contribution in [2.24, 2.45) is 0 Å². The van der Waals surface area contributed by atoms with Gasteiger partial charge < -0.3 is 4.57 Å². The van der Waals surface area contributed by atoms with Crippen LogP contribution in [0.4, 0.5) is 0 Å². The molecule has 0 N–H and O–H groups in total. The number of benzene rings is 3. The second-order valence-corrected chi connectivity index (χ2v) is 9.09. The van der Waals surface area contributed by atoms with Crippen molar-refractivity contribution in [1.29, 1.82) is 0 Å². The summed E-state index contributed by atoms with van der Waals surface area (Å²) in [6, 6.07) is 25.7. The van der Waals surface area contributed by atoms with E-state index in [0.29, 0.717) is 6.54 Å². The Morgan fingerprint density at radius 3 is 2.33 bits per heavy atom. The van der Waals surface area contributed by atoms with E-state index in [4.69, 9.17) is 4.18 Å². The van der Waals surface area contributed by atoms with Crippen molar-refractivity contribution in [3.05, 3.63) is 102 Å². The summed E-state index contributed by atoms with van der Waals surface area (Å²) < 4.78 is 32.1. The van der Waals surface area contributed by atoms with Gasteiger partial charge in [0.15, 0.2) is 0 Å². The Morgan fingerprint density at radius 1 is 0.833 bits per heavy atom. The lowest BCUT2D eigenvalue weighted by Gasteiger charge is -2.09. The highest BCUT2D eigenvalue weighted by Crippen LogP contribution is 2.20. The summed E-state index contributed by atoms with van der Waals surface area (Å²) in [6.07, 6.45) is 3.93. The molecular weight excluding hydrogens is 394 g/mol. The molecule has 4 nitrogen and oxygen atoms in total. The molecule has 0 saturated heterocycles. The number of hydrogen-bond acceptors (Lipinski definition) is 3. The van der Waals surface area contributed by atoms with Crippen molar-refractivity contribution in [3.63, 3.8) is 0 Å². The Labute approximate surface area is 177 Å². The minimum atomic E-state index is -3.74. The molecular formula is C25H25NO3S. The molecule has 30 heavy (non-hydrogen) atoms. The Kier molecular flexibility index (Phi) is 6.02. The lowest BCUT2D eigenvalue weighted by Crippen LogP contribution is -2.12. The maximum Gasteiger partial charge on any atom is 0.297 e. The number of rotatable bonds is 8. The van der Waals surface area contributed by atoms with Gasteiger partial charge in [-0.3, -0.25) is 4.18 Å². The molecule has 0 fully saturated rings. The van der Waals surface area contributed by atoms with Gasteiger partial charge in [-0.1, -0.05) is 60.2 Å². The average molecular weight is 420 g/mol. The van der Waals surface area contributed by atoms with E-state index >= 15 is 0 Å². The number of nitrogens with zero attached hydrogens (tertiary/aromatic N) is 1. The van der Waals surface area contributed by atoms with Crippen LogP contribution in [0.5, 0.6) is 0 Å². The maximum absolute atomic E-state index is 12.4. The molecule has 0 atom stereocenters. The molecule has 0 unspecified atom stereocenters. The molecule has 1 aromatic heterocycles. The summed E-state index contributed by atoms with van der Waals surface area (Å²) in [5, 5.41) is 1.14. The molecule has 0 bridgehead atoms. The Hall–Kier alpha value is -2.89. The molecule has 0 aliphatic heterocycles. The zero-order valence-corrected chi connectivity index (χ0v) is 17.8. The monoisotopic (exact) mass is 419 g/mol. The van der Waals surface area contributed by atoms with Crippen molar-refractivity contribution in [3.8, 4) is 0 Å². The van der Waals surface area contributed by atoms with Crippen LogP contribution >= 0.6 is 0 Å². The SMILES string of the molecule is Cc1ccc(S(=O)(=O)OCCn2ccc3ccc(CCc4ccccc4)cc32)cc1. The van der Waals surface area contributed by atoms with E-state index in [9.17, 15) is 8.42 Å². The number of aryl methyl sites for hydroxylation is 3. The van der Waals surface area contributed by atoms with Gasteiger partial charge in [0.1, 0.15) is 0 Å². The van der Waals surface area contributed by atoms with Gasteiger partial charge >= 0.3 is 0 Å². The highest BCUT2D eigenvalue weighted by atomic mass is 32.2. The van der Waals surface area contributed by atoms with Gasteiger partial charge in [-0.15, -0.1) is 0 Å². The van der Waals surface area contributed by atoms with Crippen LogP contribution < -0.4 is 0 Å². The van der Waals surface area contributed by atoms with Crippen LogP contribution in [0.3, 0.4) is 0 Å². The third kappa shape index (κ3) is 4.81. The molecule has 0 saturated carbocycles. The van der Waals surface area contributed by atoms with E-state index in [1.54, 1.807) is 24.3 Å². The van der Waals surface area contributed by atoms with E-state index in [1.165, 1.54) is 11.1 Å². The summed E-state index contributed by atoms with van der Waals surface area (Å²) in [4.78, 5) is 0.189. The Bertz CT molecular complexity index is 1230. The van der Waals surface area contributed by atoms with E-state index in [0.717, 1.165) is 29.3 Å². The molecule has 0 spiro atoms. The van der Waals surface area contributed by atoms with Crippen molar-refractivity contribution in [2.45, 2.75) is 31.2 Å². The second-order valence-electron chi connectivity index (χ2n) is 7.48. The average Bonchev–Trinajstić information content (AvgIpc) is 3.15. The Balaban J connectivity index is 1.42. The van der Waals surface area contributed by atoms with Crippen LogP contribution in [0.2, 0.25) is 0 Å². The molecule has 0 amide bonds. The lowest BCUT2D eigenvalue weighted by molar-refractivity contribution is 0.302. The lowest BCUT2D eigenvalue weighted by atomic mass is 10.0. The van der Waals surface area contributed by atoms with Gasteiger partial charge in [0.05, 0.1) is 11.5 Å². The van der Waals surface area contributed by atoms with Crippen LogP contribution in [-0.4, -0.2) is 19.6 Å². The fourth-order valence-electron chi connectivity index (χ4n) is 3.53. The van der Waals surface area contributed by atoms with Crippen molar-refractivity contribution >= 4 is 21.0 Å². The molecule has 0 radical (unpaired) electrons. The smallest absolute Gasteiger partial charge is 0.297 e. The van der Waals surface area contributed by atoms with E-state index in [1.807, 2.05) is 29.8 Å². The van der Waals surface area contributed by atoms with E-state index in [-0.39, 0.29) is 11.5 Å². The quantitative estimate of drug-likeness (QED) is 0.372. The van der Waals surface area contributed by atoms with Gasteiger partial charge in [-0.25, -0.2) is 0 Å². The molecule has 0 aliphatic carbocycles. The van der Waals surface area contributed by atoms with Crippen LogP contribution in [0.1, 0.15) is 16.7 Å². The zero-order valence-electron chi connectivity index (χ0n) is 17.0. The van der Waals surface area contributed by atoms with Crippen LogP contribution in [0.15, 0.2) is 90.0 Å². The molecule has 3 aromatic carbocycles. The standard InChI is InChI=1S/C25H25NO3S/c1-20-7-13-24(14-8-20)30(27,28)29-18-17-26-16-15-23-12-11-22(19-25(23)26)10-9-21-5-3-2-4-6-21/h2-8,11-16,19H,9-10,17-18H2,1H3. The first-order valence-corrected chi connectivity index (χ1v) is 11.5. The maximum atomic E-state index is 12.4. The third-order valence-electron chi connectivity index (χ3n) is 5.26. The fraction of sp³-hybridized carbons (Fsp3) is 0.200. The minimum absolute atomic E-state index is 0.0915. The molecule has 5 heteroatoms. The number of hydrogen-bond donors (Lipinski definition) is 0. The minimum Gasteiger partial charge on any atom is -0.345 e. The molecule has 154 valence electrons. The van der Waals surface area contributed by atoms with Gasteiger partial charge in [0.25, 0.3) is 10.1 Å². The molecule has 0 aliphatic rings. The van der Waals surface area contributed by atoms with Gasteiger partial charge in [0, 0.05) is 18.3 Å². The van der Waals surface area contributed by atoms with Gasteiger partial charge in [-0.05, 0) is 60.5 Å². The zero-order chi connectivity index (χ0) is 21.0. The summed E-state index contributed by atoms with van der Waals surface area (Å²) in [5.41, 5.74) is 4.69. The first kappa shape index (κ1) is 20.4. The molecule has 4 aromatic rings. The van der Waals surface area contributed by atoms with Crippen LogP contribution in [-0.2, 0) is 33.7 Å². The highest BCUT2D eigenvalue weighted by Gasteiger charge is 2.15. The topological polar surface area (TPSA) is 48.3 Å². The third-order valence-corrected chi connectivity index (χ3v) is 6.59. The molecule has 1 heterocycles. The van der Waals surface area contributed by atoms with E-state index in [2.05, 4.69) is 42.5 Å². The summed E-state index contributed by atoms with van der Waals surface area (Å²) in [5.74, 6) is 0. The molecule has 4 rings (SSSR count). The highest BCUT2D eigenvalue weighted by molar-refractivity contribution is 7.86. The first-order valence-electron chi connectivity index (χ1n) is 10.1. The fourth-order valence-corrected chi connectivity index (χ4v) is 4.43. The summed E-state index contributed by atoms with van der Waals surface area (Å²) in [7, 11) is -3.74. The predicted molar refractivity (Wildman–Crippen MR) is 120 cm³/mol. The van der Waals surface area contributed by atoms with Crippen molar-refractivity contribution in [1.82, 2.24) is 4.57 Å². The normalized spacial score (nSPS) is 11.8. The van der Waals surface area contributed by atoms with Crippen LogP contribution in [0.25, 0.3) is 10.9 Å². The predicted octanol–water partition coefficient (Wildman–Crippen LogP) is 5.14. The first-order chi connectivity index (χ1) is 14.5. The summed E-state index contributed by atoms with van der Waals surface area (Å²) >= 11 is 0. The summed E-state index contributed by atoms with van der Waals surface area (Å²) in [6.45, 7) is 2.48. The van der Waals surface area contributed by atoms with Crippen LogP contribution in [0, 0.1) is 6.92 Å².